The first-order chi connectivity index (χ1) is 10.8. The van der Waals surface area contributed by atoms with Crippen molar-refractivity contribution in [3.05, 3.63) is 34.6 Å². The maximum absolute atomic E-state index is 13.6. The van der Waals surface area contributed by atoms with E-state index >= 15 is 0 Å². The Kier molecular flexibility index (Phi) is 7.58. The van der Waals surface area contributed by atoms with Crippen molar-refractivity contribution in [1.29, 1.82) is 0 Å². The van der Waals surface area contributed by atoms with Gasteiger partial charge in [-0.15, -0.1) is 0 Å². The van der Waals surface area contributed by atoms with Crippen LogP contribution in [0.15, 0.2) is 0 Å². The van der Waals surface area contributed by atoms with Gasteiger partial charge in [0.2, 0.25) is 5.82 Å². The third-order valence-corrected chi connectivity index (χ3v) is 6.21. The molecule has 1 aromatic carbocycles. The number of halogens is 5. The first-order valence-electron chi connectivity index (χ1n) is 7.08. The highest BCUT2D eigenvalue weighted by Gasteiger charge is 2.38. The van der Waals surface area contributed by atoms with Gasteiger partial charge in [-0.25, -0.2) is 22.0 Å². The van der Waals surface area contributed by atoms with E-state index in [1.165, 1.54) is 14.2 Å². The zero-order valence-corrected chi connectivity index (χ0v) is 14.2. The van der Waals surface area contributed by atoms with E-state index in [0.717, 1.165) is 6.42 Å². The summed E-state index contributed by atoms with van der Waals surface area (Å²) in [6.45, 7) is 2.27. The Morgan fingerprint density at radius 2 is 1.30 bits per heavy atom. The van der Waals surface area contributed by atoms with Gasteiger partial charge in [-0.2, -0.15) is 0 Å². The molecule has 0 aliphatic rings. The highest BCUT2D eigenvalue weighted by molar-refractivity contribution is 6.60. The Morgan fingerprint density at radius 3 is 1.74 bits per heavy atom. The monoisotopic (exact) mass is 358 g/mol. The van der Waals surface area contributed by atoms with E-state index in [1.807, 2.05) is 6.92 Å². The smallest absolute Gasteiger partial charge is 0.377 e. The SMILES string of the molecule is CCCO[Si](CCCc1c(F)c(F)c(F)c(F)c1F)(OC)OC. The highest BCUT2D eigenvalue weighted by Crippen LogP contribution is 2.26. The third kappa shape index (κ3) is 4.49. The number of rotatable bonds is 9. The predicted molar refractivity (Wildman–Crippen MR) is 75.4 cm³/mol. The van der Waals surface area contributed by atoms with Crippen LogP contribution in [-0.2, 0) is 19.7 Å². The molecule has 0 heterocycles. The fourth-order valence-electron chi connectivity index (χ4n) is 2.09. The summed E-state index contributed by atoms with van der Waals surface area (Å²) in [5.74, 6) is -9.66. The minimum Gasteiger partial charge on any atom is -0.377 e. The Hall–Kier alpha value is -1.03. The zero-order chi connectivity index (χ0) is 17.6. The fraction of sp³-hybridized carbons (Fsp3) is 0.571. The van der Waals surface area contributed by atoms with Crippen LogP contribution in [0.4, 0.5) is 22.0 Å². The molecule has 1 rings (SSSR count). The van der Waals surface area contributed by atoms with Crippen molar-refractivity contribution in [2.24, 2.45) is 0 Å². The molecule has 132 valence electrons. The fourth-order valence-corrected chi connectivity index (χ4v) is 4.17. The van der Waals surface area contributed by atoms with Crippen LogP contribution in [0.3, 0.4) is 0 Å². The van der Waals surface area contributed by atoms with Gasteiger partial charge in [0.25, 0.3) is 0 Å². The van der Waals surface area contributed by atoms with Crippen molar-refractivity contribution >= 4 is 8.80 Å². The molecule has 0 fully saturated rings. The van der Waals surface area contributed by atoms with Gasteiger partial charge in [0.05, 0.1) is 0 Å². The summed E-state index contributed by atoms with van der Waals surface area (Å²) in [4.78, 5) is 0. The van der Waals surface area contributed by atoms with Crippen LogP contribution in [-0.4, -0.2) is 29.6 Å². The highest BCUT2D eigenvalue weighted by atomic mass is 28.4. The van der Waals surface area contributed by atoms with Crippen LogP contribution >= 0.6 is 0 Å². The van der Waals surface area contributed by atoms with Crippen LogP contribution in [0.1, 0.15) is 25.3 Å². The van der Waals surface area contributed by atoms with Crippen LogP contribution < -0.4 is 0 Å². The molecule has 1 aromatic rings. The lowest BCUT2D eigenvalue weighted by Gasteiger charge is -2.26. The second-order valence-electron chi connectivity index (χ2n) is 4.84. The maximum atomic E-state index is 13.6. The molecule has 0 aromatic heterocycles. The van der Waals surface area contributed by atoms with E-state index in [0.29, 0.717) is 6.61 Å². The molecule has 0 atom stereocenters. The van der Waals surface area contributed by atoms with Gasteiger partial charge in [-0.05, 0) is 19.3 Å². The van der Waals surface area contributed by atoms with E-state index in [2.05, 4.69) is 0 Å². The normalized spacial score (nSPS) is 12.0. The third-order valence-electron chi connectivity index (χ3n) is 3.36. The summed E-state index contributed by atoms with van der Waals surface area (Å²) >= 11 is 0. The molecule has 0 saturated heterocycles. The average molecular weight is 358 g/mol. The molecule has 23 heavy (non-hydrogen) atoms. The topological polar surface area (TPSA) is 27.7 Å². The van der Waals surface area contributed by atoms with Crippen molar-refractivity contribution < 1.29 is 35.2 Å². The Bertz CT molecular complexity index is 509. The molecule has 0 aliphatic heterocycles. The molecule has 0 amide bonds. The van der Waals surface area contributed by atoms with Crippen molar-refractivity contribution in [3.63, 3.8) is 0 Å². The molecular formula is C14H19F5O3Si. The lowest BCUT2D eigenvalue weighted by molar-refractivity contribution is 0.0977. The van der Waals surface area contributed by atoms with Gasteiger partial charge in [-0.1, -0.05) is 6.92 Å². The van der Waals surface area contributed by atoms with Gasteiger partial charge in [0.15, 0.2) is 23.3 Å². The van der Waals surface area contributed by atoms with Gasteiger partial charge >= 0.3 is 8.80 Å². The second kappa shape index (κ2) is 8.72. The molecule has 0 N–H and O–H groups in total. The van der Waals surface area contributed by atoms with Crippen LogP contribution in [0.25, 0.3) is 0 Å². The molecular weight excluding hydrogens is 339 g/mol. The maximum Gasteiger partial charge on any atom is 0.500 e. The summed E-state index contributed by atoms with van der Waals surface area (Å²) < 4.78 is 82.5. The molecule has 3 nitrogen and oxygen atoms in total. The first-order valence-corrected chi connectivity index (χ1v) is 9.01. The second-order valence-corrected chi connectivity index (χ2v) is 7.81. The van der Waals surface area contributed by atoms with Gasteiger partial charge < -0.3 is 13.3 Å². The lowest BCUT2D eigenvalue weighted by atomic mass is 10.1. The minimum absolute atomic E-state index is 0.0932. The van der Waals surface area contributed by atoms with Crippen molar-refractivity contribution in [2.75, 3.05) is 20.8 Å². The van der Waals surface area contributed by atoms with Crippen molar-refractivity contribution in [1.82, 2.24) is 0 Å². The number of hydrogen-bond donors (Lipinski definition) is 0. The van der Waals surface area contributed by atoms with Gasteiger partial charge in [-0.3, -0.25) is 0 Å². The van der Waals surface area contributed by atoms with Crippen LogP contribution in [0.5, 0.6) is 0 Å². The van der Waals surface area contributed by atoms with E-state index in [-0.39, 0.29) is 18.9 Å². The van der Waals surface area contributed by atoms with Crippen molar-refractivity contribution in [2.45, 2.75) is 32.2 Å². The molecule has 0 spiro atoms. The standard InChI is InChI=1S/C14H19F5O3Si/c1-4-7-22-23(20-2,21-3)8-5-6-9-10(15)12(17)14(19)13(18)11(9)16/h4-8H2,1-3H3. The number of hydrogen-bond acceptors (Lipinski definition) is 3. The first kappa shape index (κ1) is 20.0. The lowest BCUT2D eigenvalue weighted by Crippen LogP contribution is -2.44. The number of benzene rings is 1. The zero-order valence-electron chi connectivity index (χ0n) is 13.2. The summed E-state index contributed by atoms with van der Waals surface area (Å²) in [7, 11) is -0.212. The summed E-state index contributed by atoms with van der Waals surface area (Å²) in [5, 5.41) is 0. The predicted octanol–water partition coefficient (Wildman–Crippen LogP) is 3.97. The van der Waals surface area contributed by atoms with Gasteiger partial charge in [0, 0.05) is 32.4 Å². The Labute approximate surface area is 132 Å². The van der Waals surface area contributed by atoms with E-state index < -0.39 is 43.5 Å². The molecule has 0 bridgehead atoms. The molecule has 9 heteroatoms. The summed E-state index contributed by atoms with van der Waals surface area (Å²) in [6, 6.07) is 0.194. The van der Waals surface area contributed by atoms with Crippen LogP contribution in [0.2, 0.25) is 6.04 Å². The van der Waals surface area contributed by atoms with Gasteiger partial charge in [0.1, 0.15) is 0 Å². The Balaban J connectivity index is 2.86. The van der Waals surface area contributed by atoms with Crippen LogP contribution in [0, 0.1) is 29.1 Å². The minimum atomic E-state index is -3.00. The van der Waals surface area contributed by atoms with E-state index in [1.54, 1.807) is 0 Å². The average Bonchev–Trinajstić information content (AvgIpc) is 2.57. The molecule has 0 saturated carbocycles. The quantitative estimate of drug-likeness (QED) is 0.289. The Morgan fingerprint density at radius 1 is 0.826 bits per heavy atom. The summed E-state index contributed by atoms with van der Waals surface area (Å²) in [5.41, 5.74) is -0.841. The summed E-state index contributed by atoms with van der Waals surface area (Å²) in [6.07, 6.45) is 0.470. The molecule has 0 aliphatic carbocycles. The van der Waals surface area contributed by atoms with Crippen molar-refractivity contribution in [3.8, 4) is 0 Å². The largest absolute Gasteiger partial charge is 0.500 e. The van der Waals surface area contributed by atoms with E-state index in [4.69, 9.17) is 13.3 Å². The molecule has 0 unspecified atom stereocenters. The van der Waals surface area contributed by atoms with E-state index in [9.17, 15) is 22.0 Å². The molecule has 0 radical (unpaired) electrons.